The van der Waals surface area contributed by atoms with Gasteiger partial charge < -0.3 is 4.74 Å². The highest BCUT2D eigenvalue weighted by atomic mass is 32.2. The summed E-state index contributed by atoms with van der Waals surface area (Å²) in [7, 11) is 0. The number of ether oxygens (including phenoxy) is 1. The average molecular weight is 364 g/mol. The van der Waals surface area contributed by atoms with E-state index in [1.54, 1.807) is 11.8 Å². The third-order valence-electron chi connectivity index (χ3n) is 4.52. The number of carbonyl (C=O) groups is 1. The van der Waals surface area contributed by atoms with Gasteiger partial charge in [0.25, 0.3) is 0 Å². The fourth-order valence-corrected chi connectivity index (χ4v) is 3.91. The minimum absolute atomic E-state index is 0.118. The van der Waals surface area contributed by atoms with E-state index in [2.05, 4.69) is 30.4 Å². The number of para-hydroxylation sites is 1. The molecule has 0 unspecified atom stereocenters. The molecule has 0 fully saturated rings. The third-order valence-corrected chi connectivity index (χ3v) is 5.86. The van der Waals surface area contributed by atoms with Crippen molar-refractivity contribution in [2.75, 3.05) is 12.9 Å². The molecule has 0 spiro atoms. The monoisotopic (exact) mass is 363 g/mol. The number of rotatable bonds is 11. The maximum absolute atomic E-state index is 12.1. The second kappa shape index (κ2) is 9.80. The van der Waals surface area contributed by atoms with Crippen molar-refractivity contribution in [3.63, 3.8) is 0 Å². The van der Waals surface area contributed by atoms with E-state index in [0.717, 1.165) is 43.1 Å². The van der Waals surface area contributed by atoms with E-state index in [9.17, 15) is 4.79 Å². The number of aromatic nitrogens is 3. The maximum atomic E-state index is 12.1. The molecular formula is C19H29N3O2S. The largest absolute Gasteiger partial charge is 0.466 e. The Labute approximate surface area is 154 Å². The summed E-state index contributed by atoms with van der Waals surface area (Å²) in [4.78, 5) is 11.8. The predicted octanol–water partition coefficient (Wildman–Crippen LogP) is 4.76. The van der Waals surface area contributed by atoms with Crippen LogP contribution in [0.2, 0.25) is 0 Å². The zero-order chi connectivity index (χ0) is 18.1. The van der Waals surface area contributed by atoms with Crippen molar-refractivity contribution >= 4 is 28.8 Å². The zero-order valence-electron chi connectivity index (χ0n) is 15.5. The van der Waals surface area contributed by atoms with Gasteiger partial charge in [0.15, 0.2) is 0 Å². The van der Waals surface area contributed by atoms with Crippen LogP contribution in [0, 0.1) is 0 Å². The van der Waals surface area contributed by atoms with Crippen LogP contribution in [-0.4, -0.2) is 33.8 Å². The Kier molecular flexibility index (Phi) is 7.75. The second-order valence-electron chi connectivity index (χ2n) is 6.32. The van der Waals surface area contributed by atoms with Crippen molar-refractivity contribution in [1.29, 1.82) is 0 Å². The molecule has 1 atom stereocenters. The van der Waals surface area contributed by atoms with E-state index in [-0.39, 0.29) is 10.8 Å². The first-order valence-corrected chi connectivity index (χ1v) is 10.4. The van der Waals surface area contributed by atoms with Gasteiger partial charge in [0, 0.05) is 6.42 Å². The van der Waals surface area contributed by atoms with Crippen LogP contribution in [0.3, 0.4) is 0 Å². The standard InChI is InChI=1S/C19H29N3O2S/c1-4-6-13-19(25-3,14-12-18(23)24-15-7-5-2)22-17-11-9-8-10-16(17)20-21-22/h8-11H,4-7,12-15H2,1-3H3/t19-/m0/s1. The van der Waals surface area contributed by atoms with E-state index in [1.165, 1.54) is 0 Å². The minimum atomic E-state index is -0.268. The third kappa shape index (κ3) is 4.97. The smallest absolute Gasteiger partial charge is 0.305 e. The van der Waals surface area contributed by atoms with E-state index in [1.807, 2.05) is 28.9 Å². The van der Waals surface area contributed by atoms with E-state index in [0.29, 0.717) is 19.4 Å². The number of benzene rings is 1. The Morgan fingerprint density at radius 2 is 1.96 bits per heavy atom. The lowest BCUT2D eigenvalue weighted by atomic mass is 10.0. The van der Waals surface area contributed by atoms with Crippen LogP contribution < -0.4 is 0 Å². The lowest BCUT2D eigenvalue weighted by Gasteiger charge is -2.32. The van der Waals surface area contributed by atoms with Crippen LogP contribution in [0.15, 0.2) is 24.3 Å². The highest BCUT2D eigenvalue weighted by Crippen LogP contribution is 2.40. The summed E-state index contributed by atoms with van der Waals surface area (Å²) in [6.07, 6.45) is 8.30. The van der Waals surface area contributed by atoms with Gasteiger partial charge in [-0.2, -0.15) is 0 Å². The number of nitrogens with zero attached hydrogens (tertiary/aromatic N) is 3. The molecule has 0 aliphatic carbocycles. The van der Waals surface area contributed by atoms with Gasteiger partial charge in [0.2, 0.25) is 0 Å². The number of thioether (sulfide) groups is 1. The Bertz CT molecular complexity index is 673. The van der Waals surface area contributed by atoms with Gasteiger partial charge in [-0.25, -0.2) is 4.68 Å². The quantitative estimate of drug-likeness (QED) is 0.425. The zero-order valence-corrected chi connectivity index (χ0v) is 16.3. The van der Waals surface area contributed by atoms with Crippen molar-refractivity contribution in [3.8, 4) is 0 Å². The van der Waals surface area contributed by atoms with Crippen LogP contribution in [0.25, 0.3) is 11.0 Å². The van der Waals surface area contributed by atoms with Gasteiger partial charge in [0.05, 0.1) is 12.1 Å². The lowest BCUT2D eigenvalue weighted by molar-refractivity contribution is -0.144. The van der Waals surface area contributed by atoms with Gasteiger partial charge in [-0.15, -0.1) is 16.9 Å². The maximum Gasteiger partial charge on any atom is 0.305 e. The molecule has 0 aliphatic rings. The summed E-state index contributed by atoms with van der Waals surface area (Å²) in [5.41, 5.74) is 1.91. The molecule has 0 amide bonds. The molecule has 0 saturated heterocycles. The number of hydrogen-bond donors (Lipinski definition) is 0. The fourth-order valence-electron chi connectivity index (χ4n) is 2.95. The average Bonchev–Trinajstić information content (AvgIpc) is 3.07. The highest BCUT2D eigenvalue weighted by molar-refractivity contribution is 7.99. The summed E-state index contributed by atoms with van der Waals surface area (Å²) < 4.78 is 7.35. The summed E-state index contributed by atoms with van der Waals surface area (Å²) in [6.45, 7) is 4.79. The lowest BCUT2D eigenvalue weighted by Crippen LogP contribution is -2.32. The number of unbranched alkanes of at least 4 members (excludes halogenated alkanes) is 2. The van der Waals surface area contributed by atoms with E-state index in [4.69, 9.17) is 4.74 Å². The molecule has 0 N–H and O–H groups in total. The molecule has 2 rings (SSSR count). The van der Waals surface area contributed by atoms with Crippen LogP contribution in [0.4, 0.5) is 0 Å². The first-order valence-electron chi connectivity index (χ1n) is 9.18. The van der Waals surface area contributed by atoms with Gasteiger partial charge >= 0.3 is 5.97 Å². The Balaban J connectivity index is 2.20. The number of fused-ring (bicyclic) bond motifs is 1. The number of carbonyl (C=O) groups excluding carboxylic acids is 1. The molecule has 1 aromatic carbocycles. The minimum Gasteiger partial charge on any atom is -0.466 e. The van der Waals surface area contributed by atoms with Gasteiger partial charge in [0.1, 0.15) is 10.4 Å². The van der Waals surface area contributed by atoms with Crippen molar-refractivity contribution in [2.24, 2.45) is 0 Å². The molecule has 25 heavy (non-hydrogen) atoms. The molecule has 1 aromatic heterocycles. The number of esters is 1. The Morgan fingerprint density at radius 1 is 1.20 bits per heavy atom. The van der Waals surface area contributed by atoms with E-state index < -0.39 is 0 Å². The van der Waals surface area contributed by atoms with Gasteiger partial charge in [-0.1, -0.05) is 50.5 Å². The summed E-state index contributed by atoms with van der Waals surface area (Å²) in [6, 6.07) is 8.00. The van der Waals surface area contributed by atoms with Gasteiger partial charge in [-0.3, -0.25) is 4.79 Å². The second-order valence-corrected chi connectivity index (χ2v) is 7.49. The summed E-state index contributed by atoms with van der Waals surface area (Å²) >= 11 is 1.75. The number of hydrogen-bond acceptors (Lipinski definition) is 5. The first-order chi connectivity index (χ1) is 12.2. The van der Waals surface area contributed by atoms with Gasteiger partial charge in [-0.05, 0) is 37.7 Å². The predicted molar refractivity (Wildman–Crippen MR) is 104 cm³/mol. The molecule has 0 aliphatic heterocycles. The molecular weight excluding hydrogens is 334 g/mol. The van der Waals surface area contributed by atoms with Crippen molar-refractivity contribution in [2.45, 2.75) is 63.7 Å². The van der Waals surface area contributed by atoms with Crippen molar-refractivity contribution in [1.82, 2.24) is 15.0 Å². The van der Waals surface area contributed by atoms with Crippen LogP contribution in [0.5, 0.6) is 0 Å². The van der Waals surface area contributed by atoms with Crippen LogP contribution >= 0.6 is 11.8 Å². The normalized spacial score (nSPS) is 13.7. The first kappa shape index (κ1) is 19.8. The molecule has 138 valence electrons. The Morgan fingerprint density at radius 3 is 2.68 bits per heavy atom. The highest BCUT2D eigenvalue weighted by Gasteiger charge is 2.34. The topological polar surface area (TPSA) is 57.0 Å². The molecule has 0 bridgehead atoms. The summed E-state index contributed by atoms with van der Waals surface area (Å²) in [5.74, 6) is -0.118. The molecule has 5 nitrogen and oxygen atoms in total. The molecule has 2 aromatic rings. The fraction of sp³-hybridized carbons (Fsp3) is 0.632. The Hall–Kier alpha value is -1.56. The summed E-state index contributed by atoms with van der Waals surface area (Å²) in [5, 5.41) is 8.75. The molecule has 1 heterocycles. The van der Waals surface area contributed by atoms with Crippen LogP contribution in [-0.2, 0) is 14.4 Å². The molecule has 0 saturated carbocycles. The van der Waals surface area contributed by atoms with E-state index >= 15 is 0 Å². The molecule has 0 radical (unpaired) electrons. The van der Waals surface area contributed by atoms with Crippen LogP contribution in [0.1, 0.15) is 58.8 Å². The van der Waals surface area contributed by atoms with Crippen molar-refractivity contribution < 1.29 is 9.53 Å². The molecule has 6 heteroatoms. The van der Waals surface area contributed by atoms with Crippen molar-refractivity contribution in [3.05, 3.63) is 24.3 Å². The SMILES string of the molecule is CCCCOC(=O)CC[C@](CCCC)(SC)n1nnc2ccccc21.